The summed E-state index contributed by atoms with van der Waals surface area (Å²) in [5, 5.41) is 18.7. The Morgan fingerprint density at radius 3 is 2.54 bits per heavy atom. The van der Waals surface area contributed by atoms with Crippen molar-refractivity contribution in [1.82, 2.24) is 10.1 Å². The largest absolute Gasteiger partial charge is 0.382 e. The molecule has 2 aromatic carbocycles. The molecule has 5 aliphatic rings. The van der Waals surface area contributed by atoms with Gasteiger partial charge in [0, 0.05) is 21.5 Å². The van der Waals surface area contributed by atoms with E-state index in [0.29, 0.717) is 39.7 Å². The van der Waals surface area contributed by atoms with Crippen molar-refractivity contribution in [2.75, 3.05) is 0 Å². The van der Waals surface area contributed by atoms with Gasteiger partial charge in [0.2, 0.25) is 0 Å². The lowest BCUT2D eigenvalue weighted by atomic mass is 9.48. The highest BCUT2D eigenvalue weighted by Crippen LogP contribution is 2.65. The fourth-order valence-corrected chi connectivity index (χ4v) is 10.1. The second-order valence-electron chi connectivity index (χ2n) is 12.0. The fourth-order valence-electron chi connectivity index (χ4n) is 7.78. The summed E-state index contributed by atoms with van der Waals surface area (Å²) in [6, 6.07) is 11.6. The number of benzene rings is 2. The maximum absolute atomic E-state index is 12.3. The molecule has 1 unspecified atom stereocenters. The lowest BCUT2D eigenvalue weighted by molar-refractivity contribution is -0.250. The summed E-state index contributed by atoms with van der Waals surface area (Å²) >= 11 is 18.4. The van der Waals surface area contributed by atoms with Crippen LogP contribution in [-0.4, -0.2) is 20.8 Å². The van der Waals surface area contributed by atoms with Crippen molar-refractivity contribution in [3.8, 4) is 11.3 Å². The topological polar surface area (TPSA) is 68.4 Å². The molecular formula is C30H27BrCl2N2O3S. The number of ether oxygens (including phenoxy) is 1. The SMILES string of the molecule is O[C@@]1(c2nc3ccc(Br)cc3s2)[C@@H]2CC3C[C@H]1C[C@](OCc1c(-c4c(Cl)cccc4Cl)noc1C1CC1)(C3)C2. The van der Waals surface area contributed by atoms with E-state index in [0.717, 1.165) is 76.0 Å². The molecular weight excluding hydrogens is 619 g/mol. The summed E-state index contributed by atoms with van der Waals surface area (Å²) in [5.74, 6) is 2.12. The zero-order valence-corrected chi connectivity index (χ0v) is 25.0. The van der Waals surface area contributed by atoms with Crippen LogP contribution in [0.5, 0.6) is 0 Å². The van der Waals surface area contributed by atoms with Crippen LogP contribution in [0, 0.1) is 17.8 Å². The second-order valence-corrected chi connectivity index (χ2v) is 14.8. The minimum Gasteiger partial charge on any atom is -0.382 e. The molecule has 0 spiro atoms. The maximum atomic E-state index is 12.3. The van der Waals surface area contributed by atoms with E-state index in [4.69, 9.17) is 37.4 Å². The van der Waals surface area contributed by atoms with Crippen LogP contribution in [0.15, 0.2) is 45.4 Å². The Hall–Kier alpha value is -1.48. The highest BCUT2D eigenvalue weighted by atomic mass is 79.9. The molecule has 0 aliphatic heterocycles. The Balaban J connectivity index is 1.11. The van der Waals surface area contributed by atoms with Crippen molar-refractivity contribution in [3.05, 3.63) is 67.2 Å². The van der Waals surface area contributed by atoms with Gasteiger partial charge in [0.05, 0.1) is 32.5 Å². The summed E-state index contributed by atoms with van der Waals surface area (Å²) in [7, 11) is 0. The Bertz CT molecular complexity index is 1580. The van der Waals surface area contributed by atoms with E-state index in [1.165, 1.54) is 0 Å². The summed E-state index contributed by atoms with van der Waals surface area (Å²) < 4.78 is 15.0. The normalized spacial score (nSPS) is 31.4. The number of thiazole rings is 1. The van der Waals surface area contributed by atoms with Crippen LogP contribution in [0.2, 0.25) is 10.0 Å². The zero-order chi connectivity index (χ0) is 26.5. The number of fused-ring (bicyclic) bond motifs is 1. The third-order valence-corrected chi connectivity index (χ3v) is 11.8. The molecule has 5 nitrogen and oxygen atoms in total. The minimum atomic E-state index is -0.896. The number of aliphatic hydroxyl groups is 1. The fraction of sp³-hybridized carbons (Fsp3) is 0.467. The second kappa shape index (κ2) is 9.01. The van der Waals surface area contributed by atoms with Crippen molar-refractivity contribution in [3.63, 3.8) is 0 Å². The van der Waals surface area contributed by atoms with Gasteiger partial charge < -0.3 is 14.4 Å². The summed E-state index contributed by atoms with van der Waals surface area (Å²) in [6.07, 6.45) is 6.96. The standard InChI is InChI=1S/C30H27BrCl2N2O3S/c31-19-6-7-23-24(10-19)39-28(34-23)30(36)17-8-15-9-18(30)13-29(11-15,12-17)37-14-20-26(35-38-27(20)16-4-5-16)25-21(32)2-1-3-22(25)33/h1-3,6-7,10,15-18,36H,4-5,8-9,11-14H2/t15?,17-,18+,29+,30+. The predicted molar refractivity (Wildman–Crippen MR) is 156 cm³/mol. The lowest BCUT2D eigenvalue weighted by Crippen LogP contribution is -2.62. The van der Waals surface area contributed by atoms with E-state index in [9.17, 15) is 5.11 Å². The lowest BCUT2D eigenvalue weighted by Gasteiger charge is -2.62. The maximum Gasteiger partial charge on any atom is 0.145 e. The number of aromatic nitrogens is 2. The molecule has 2 aromatic heterocycles. The van der Waals surface area contributed by atoms with E-state index >= 15 is 0 Å². The first-order valence-electron chi connectivity index (χ1n) is 13.7. The molecule has 9 heteroatoms. The molecule has 5 saturated carbocycles. The number of hydrogen-bond donors (Lipinski definition) is 1. The summed E-state index contributed by atoms with van der Waals surface area (Å²) in [6.45, 7) is 0.409. The summed E-state index contributed by atoms with van der Waals surface area (Å²) in [5.41, 5.74) is 2.16. The zero-order valence-electron chi connectivity index (χ0n) is 21.1. The van der Waals surface area contributed by atoms with Crippen molar-refractivity contribution >= 4 is 60.7 Å². The molecule has 0 radical (unpaired) electrons. The van der Waals surface area contributed by atoms with Crippen LogP contribution in [0.4, 0.5) is 0 Å². The molecule has 0 amide bonds. The highest BCUT2D eigenvalue weighted by Gasteiger charge is 2.64. The number of nitrogens with zero attached hydrogens (tertiary/aromatic N) is 2. The summed E-state index contributed by atoms with van der Waals surface area (Å²) in [4.78, 5) is 4.94. The van der Waals surface area contributed by atoms with Gasteiger partial charge in [0.1, 0.15) is 22.1 Å². The van der Waals surface area contributed by atoms with Gasteiger partial charge in [-0.05, 0) is 93.0 Å². The third kappa shape index (κ3) is 3.98. The van der Waals surface area contributed by atoms with Crippen LogP contribution in [-0.2, 0) is 16.9 Å². The molecule has 202 valence electrons. The Labute approximate surface area is 249 Å². The van der Waals surface area contributed by atoms with Gasteiger partial charge in [-0.25, -0.2) is 4.98 Å². The van der Waals surface area contributed by atoms with Gasteiger partial charge in [0.25, 0.3) is 0 Å². The minimum absolute atomic E-state index is 0.135. The molecule has 2 heterocycles. The average molecular weight is 646 g/mol. The first kappa shape index (κ1) is 25.2. The van der Waals surface area contributed by atoms with E-state index < -0.39 is 5.60 Å². The van der Waals surface area contributed by atoms with E-state index in [1.54, 1.807) is 11.3 Å². The molecule has 4 bridgehead atoms. The van der Waals surface area contributed by atoms with E-state index in [-0.39, 0.29) is 17.4 Å². The molecule has 5 atom stereocenters. The van der Waals surface area contributed by atoms with Crippen LogP contribution in [0.1, 0.15) is 67.2 Å². The number of hydrogen-bond acceptors (Lipinski definition) is 6. The van der Waals surface area contributed by atoms with Gasteiger partial charge in [-0.2, -0.15) is 0 Å². The smallest absolute Gasteiger partial charge is 0.145 e. The van der Waals surface area contributed by atoms with E-state index in [2.05, 4.69) is 27.2 Å². The molecule has 5 fully saturated rings. The van der Waals surface area contributed by atoms with Crippen LogP contribution in [0.25, 0.3) is 21.5 Å². The molecule has 9 rings (SSSR count). The molecule has 39 heavy (non-hydrogen) atoms. The van der Waals surface area contributed by atoms with Gasteiger partial charge in [-0.15, -0.1) is 11.3 Å². The molecule has 4 aromatic rings. The Morgan fingerprint density at radius 2 is 1.82 bits per heavy atom. The molecule has 5 aliphatic carbocycles. The van der Waals surface area contributed by atoms with Crippen molar-refractivity contribution < 1.29 is 14.4 Å². The highest BCUT2D eigenvalue weighted by molar-refractivity contribution is 9.10. The van der Waals surface area contributed by atoms with Crippen molar-refractivity contribution in [2.24, 2.45) is 17.8 Å². The first-order chi connectivity index (χ1) is 18.8. The average Bonchev–Trinajstić information content (AvgIpc) is 3.52. The molecule has 1 N–H and O–H groups in total. The third-order valence-electron chi connectivity index (χ3n) is 9.56. The predicted octanol–water partition coefficient (Wildman–Crippen LogP) is 8.88. The van der Waals surface area contributed by atoms with Gasteiger partial charge in [0.15, 0.2) is 0 Å². The van der Waals surface area contributed by atoms with E-state index in [1.807, 2.05) is 30.3 Å². The van der Waals surface area contributed by atoms with Gasteiger partial charge in [-0.3, -0.25) is 0 Å². The monoisotopic (exact) mass is 644 g/mol. The Morgan fingerprint density at radius 1 is 1.08 bits per heavy atom. The molecule has 0 saturated heterocycles. The van der Waals surface area contributed by atoms with Gasteiger partial charge in [-0.1, -0.05) is 50.4 Å². The van der Waals surface area contributed by atoms with Gasteiger partial charge >= 0.3 is 0 Å². The Kier molecular flexibility index (Phi) is 5.83. The first-order valence-corrected chi connectivity index (χ1v) is 16.1. The number of rotatable bonds is 6. The van der Waals surface area contributed by atoms with Crippen LogP contribution < -0.4 is 0 Å². The van der Waals surface area contributed by atoms with Crippen LogP contribution in [0.3, 0.4) is 0 Å². The van der Waals surface area contributed by atoms with Crippen LogP contribution >= 0.6 is 50.5 Å². The number of halogens is 3. The van der Waals surface area contributed by atoms with Crippen molar-refractivity contribution in [2.45, 2.75) is 68.7 Å². The van der Waals surface area contributed by atoms with Crippen molar-refractivity contribution in [1.29, 1.82) is 0 Å². The quantitative estimate of drug-likeness (QED) is 0.227.